The van der Waals surface area contributed by atoms with Crippen molar-refractivity contribution in [2.24, 2.45) is 0 Å². The van der Waals surface area contributed by atoms with Crippen LogP contribution in [0.1, 0.15) is 171 Å². The number of hydrogen-bond donors (Lipinski definition) is 0. The molecule has 0 aromatic heterocycles. The fraction of sp³-hybridized carbons (Fsp3) is 0.625. The summed E-state index contributed by atoms with van der Waals surface area (Å²) in [5.74, 6) is 5.23. The molecule has 0 amide bonds. The molecule has 0 N–H and O–H groups in total. The van der Waals surface area contributed by atoms with E-state index in [-0.39, 0.29) is 20.4 Å². The Morgan fingerprint density at radius 1 is 0.364 bits per heavy atom. The molecule has 0 fully saturated rings. The minimum absolute atomic E-state index is 0.252. The summed E-state index contributed by atoms with van der Waals surface area (Å²) in [7, 11) is 0. The lowest BCUT2D eigenvalue weighted by Crippen LogP contribution is -2.30. The molecule has 0 saturated heterocycles. The molecule has 0 aliphatic rings. The third-order valence-electron chi connectivity index (χ3n) is 10.1. The van der Waals surface area contributed by atoms with E-state index in [4.69, 9.17) is 28.4 Å². The summed E-state index contributed by atoms with van der Waals surface area (Å²) in [6.07, 6.45) is 2.73. The van der Waals surface area contributed by atoms with Gasteiger partial charge in [0.05, 0.1) is 19.8 Å². The fourth-order valence-electron chi connectivity index (χ4n) is 6.93. The quantitative estimate of drug-likeness (QED) is 0.0566. The molecule has 0 heterocycles. The van der Waals surface area contributed by atoms with E-state index in [9.17, 15) is 0 Å². The molecule has 3 aromatic rings. The minimum atomic E-state index is 0.252. The molecule has 3 rings (SSSR count). The topological polar surface area (TPSA) is 58.6 Å². The smallest absolute Gasteiger partial charge is 0.189 e. The summed E-state index contributed by atoms with van der Waals surface area (Å²) in [6, 6.07) is 19.4. The summed E-state index contributed by atoms with van der Waals surface area (Å²) < 4.78 is 36.9. The molecule has 0 bridgehead atoms. The molecule has 0 saturated carbocycles. The van der Waals surface area contributed by atoms with Crippen LogP contribution in [0.4, 0.5) is 0 Å². The molecule has 0 unspecified atom stereocenters. The highest BCUT2D eigenvalue weighted by atomic mass is 16.7. The van der Waals surface area contributed by atoms with E-state index in [1.54, 1.807) is 0 Å². The van der Waals surface area contributed by atoms with Gasteiger partial charge < -0.3 is 33.3 Å². The van der Waals surface area contributed by atoms with Gasteiger partial charge in [-0.25, -0.2) is 0 Å². The number of rotatable bonds is 27. The first kappa shape index (κ1) is 46.3. The van der Waals surface area contributed by atoms with Crippen molar-refractivity contribution in [3.63, 3.8) is 0 Å². The standard InChI is InChI=1S/C48H75NO6/c1-34(2)40-19-13-20-41(35(3)4)46(40)53-31-50-28-16-25-49(26-17-29-51-32-54-47-42(36(5)6)21-14-22-43(47)37(7)8)27-18-30-52-33-55-48-44(38(9)10)23-15-24-45(48)39(11)12/h13-15,19-24,34-39H,16-18,25-33H2,1-12H3. The van der Waals surface area contributed by atoms with Crippen molar-refractivity contribution in [1.29, 1.82) is 0 Å². The number of para-hydroxylation sites is 3. The second kappa shape index (κ2) is 24.5. The maximum atomic E-state index is 6.26. The van der Waals surface area contributed by atoms with Gasteiger partial charge in [-0.05, 0) is 88.2 Å². The second-order valence-corrected chi connectivity index (χ2v) is 16.6. The summed E-state index contributed by atoms with van der Waals surface area (Å²) in [6.45, 7) is 31.9. The molecule has 308 valence electrons. The number of benzene rings is 3. The summed E-state index contributed by atoms with van der Waals surface area (Å²) >= 11 is 0. The predicted molar refractivity (Wildman–Crippen MR) is 228 cm³/mol. The molecule has 0 aliphatic carbocycles. The van der Waals surface area contributed by atoms with Crippen molar-refractivity contribution in [3.05, 3.63) is 88.0 Å². The largest absolute Gasteiger partial charge is 0.467 e. The summed E-state index contributed by atoms with van der Waals surface area (Å²) in [5.41, 5.74) is 7.39. The lowest BCUT2D eigenvalue weighted by atomic mass is 9.94. The highest BCUT2D eigenvalue weighted by Crippen LogP contribution is 2.36. The van der Waals surface area contributed by atoms with Gasteiger partial charge in [0.15, 0.2) is 20.4 Å². The molecule has 0 spiro atoms. The first-order valence-corrected chi connectivity index (χ1v) is 21.1. The van der Waals surface area contributed by atoms with E-state index >= 15 is 0 Å². The highest BCUT2D eigenvalue weighted by molar-refractivity contribution is 5.46. The molecule has 0 atom stereocenters. The molecule has 0 aliphatic heterocycles. The average Bonchev–Trinajstić information content (AvgIpc) is 3.14. The van der Waals surface area contributed by atoms with Crippen LogP contribution in [0.3, 0.4) is 0 Å². The Morgan fingerprint density at radius 2 is 0.582 bits per heavy atom. The van der Waals surface area contributed by atoms with Gasteiger partial charge in [0.1, 0.15) is 17.2 Å². The van der Waals surface area contributed by atoms with Gasteiger partial charge in [-0.2, -0.15) is 0 Å². The van der Waals surface area contributed by atoms with Gasteiger partial charge in [-0.1, -0.05) is 138 Å². The Balaban J connectivity index is 1.50. The van der Waals surface area contributed by atoms with Crippen LogP contribution < -0.4 is 14.2 Å². The van der Waals surface area contributed by atoms with Crippen molar-refractivity contribution in [2.75, 3.05) is 59.8 Å². The number of ether oxygens (including phenoxy) is 6. The maximum absolute atomic E-state index is 6.26. The van der Waals surface area contributed by atoms with Crippen molar-refractivity contribution in [1.82, 2.24) is 4.90 Å². The predicted octanol–water partition coefficient (Wildman–Crippen LogP) is 12.4. The summed E-state index contributed by atoms with van der Waals surface area (Å²) in [4.78, 5) is 2.49. The number of hydrogen-bond acceptors (Lipinski definition) is 7. The van der Waals surface area contributed by atoms with Crippen LogP contribution in [-0.2, 0) is 14.2 Å². The van der Waals surface area contributed by atoms with Crippen molar-refractivity contribution in [3.8, 4) is 17.2 Å². The lowest BCUT2D eigenvalue weighted by Gasteiger charge is -2.23. The van der Waals surface area contributed by atoms with E-state index in [0.717, 1.165) is 56.1 Å². The zero-order chi connectivity index (χ0) is 40.3. The van der Waals surface area contributed by atoms with Crippen LogP contribution in [0.2, 0.25) is 0 Å². The number of nitrogens with zero attached hydrogens (tertiary/aromatic N) is 1. The van der Waals surface area contributed by atoms with Crippen LogP contribution >= 0.6 is 0 Å². The maximum Gasteiger partial charge on any atom is 0.189 e. The molecule has 55 heavy (non-hydrogen) atoms. The molecular weight excluding hydrogens is 687 g/mol. The van der Waals surface area contributed by atoms with Gasteiger partial charge in [-0.3, -0.25) is 0 Å². The first-order valence-electron chi connectivity index (χ1n) is 21.1. The van der Waals surface area contributed by atoms with E-state index in [1.165, 1.54) is 33.4 Å². The zero-order valence-corrected chi connectivity index (χ0v) is 36.5. The Morgan fingerprint density at radius 3 is 0.782 bits per heavy atom. The van der Waals surface area contributed by atoms with Crippen molar-refractivity contribution in [2.45, 2.75) is 138 Å². The van der Waals surface area contributed by atoms with E-state index < -0.39 is 0 Å². The Labute approximate surface area is 335 Å². The second-order valence-electron chi connectivity index (χ2n) is 16.6. The first-order chi connectivity index (χ1) is 26.3. The van der Waals surface area contributed by atoms with Crippen LogP contribution in [0.15, 0.2) is 54.6 Å². The van der Waals surface area contributed by atoms with Gasteiger partial charge >= 0.3 is 0 Å². The van der Waals surface area contributed by atoms with Crippen LogP contribution in [-0.4, -0.2) is 64.7 Å². The Hall–Kier alpha value is -3.10. The molecule has 7 nitrogen and oxygen atoms in total. The molecular formula is C48H75NO6. The average molecular weight is 762 g/mol. The van der Waals surface area contributed by atoms with Gasteiger partial charge in [-0.15, -0.1) is 0 Å². The van der Waals surface area contributed by atoms with E-state index in [0.29, 0.717) is 55.3 Å². The van der Waals surface area contributed by atoms with Crippen LogP contribution in [0.25, 0.3) is 0 Å². The van der Waals surface area contributed by atoms with Crippen molar-refractivity contribution >= 4 is 0 Å². The molecule has 0 radical (unpaired) electrons. The van der Waals surface area contributed by atoms with E-state index in [2.05, 4.69) is 143 Å². The normalized spacial score (nSPS) is 12.1. The third kappa shape index (κ3) is 15.1. The fourth-order valence-corrected chi connectivity index (χ4v) is 6.93. The van der Waals surface area contributed by atoms with Gasteiger partial charge in [0, 0.05) is 19.6 Å². The van der Waals surface area contributed by atoms with Crippen LogP contribution in [0.5, 0.6) is 17.2 Å². The van der Waals surface area contributed by atoms with E-state index in [1.807, 2.05) is 0 Å². The van der Waals surface area contributed by atoms with Gasteiger partial charge in [0.2, 0.25) is 0 Å². The lowest BCUT2D eigenvalue weighted by molar-refractivity contribution is 0.00117. The molecule has 7 heteroatoms. The minimum Gasteiger partial charge on any atom is -0.467 e. The van der Waals surface area contributed by atoms with Gasteiger partial charge in [0.25, 0.3) is 0 Å². The Bertz CT molecular complexity index is 1260. The zero-order valence-electron chi connectivity index (χ0n) is 36.5. The SMILES string of the molecule is CC(C)c1cccc(C(C)C)c1OCOCCCN(CCCOCOc1c(C(C)C)cccc1C(C)C)CCCOCOc1c(C(C)C)cccc1C(C)C. The molecule has 3 aromatic carbocycles. The summed E-state index contributed by atoms with van der Waals surface area (Å²) in [5, 5.41) is 0. The van der Waals surface area contributed by atoms with Crippen LogP contribution in [0, 0.1) is 0 Å². The Kier molecular flexibility index (Phi) is 20.6. The highest BCUT2D eigenvalue weighted by Gasteiger charge is 2.18. The third-order valence-corrected chi connectivity index (χ3v) is 10.1. The monoisotopic (exact) mass is 762 g/mol. The van der Waals surface area contributed by atoms with Crippen molar-refractivity contribution < 1.29 is 28.4 Å².